The molecule has 0 aliphatic carbocycles. The van der Waals surface area contributed by atoms with Crippen LogP contribution in [0.4, 0.5) is 0 Å². The van der Waals surface area contributed by atoms with Crippen molar-refractivity contribution >= 4 is 0 Å². The second kappa shape index (κ2) is 6.83. The van der Waals surface area contributed by atoms with Crippen molar-refractivity contribution in [3.63, 3.8) is 0 Å². The SMILES string of the molecule is CN(C)Cc1cc(C(C)(C)C)c([O-])c(C(C)(C)C)c1.[Na+]. The van der Waals surface area contributed by atoms with Crippen molar-refractivity contribution in [2.45, 2.75) is 58.9 Å². The Morgan fingerprint density at radius 1 is 0.900 bits per heavy atom. The molecule has 0 fully saturated rings. The third kappa shape index (κ3) is 5.07. The summed E-state index contributed by atoms with van der Waals surface area (Å²) in [6.07, 6.45) is 0. The van der Waals surface area contributed by atoms with Gasteiger partial charge in [-0.15, -0.1) is 5.75 Å². The molecule has 0 saturated carbocycles. The summed E-state index contributed by atoms with van der Waals surface area (Å²) >= 11 is 0. The van der Waals surface area contributed by atoms with Gasteiger partial charge in [-0.3, -0.25) is 0 Å². The molecular formula is C17H28NNaO. The Morgan fingerprint density at radius 2 is 1.25 bits per heavy atom. The number of rotatable bonds is 2. The maximum atomic E-state index is 12.7. The molecule has 1 aromatic rings. The maximum absolute atomic E-state index is 12.7. The molecule has 0 unspecified atom stereocenters. The Morgan fingerprint density at radius 3 is 1.50 bits per heavy atom. The molecule has 0 amide bonds. The molecular weight excluding hydrogens is 257 g/mol. The molecule has 0 aliphatic heterocycles. The smallest absolute Gasteiger partial charge is 0.872 e. The molecule has 0 N–H and O–H groups in total. The Labute approximate surface area is 146 Å². The summed E-state index contributed by atoms with van der Waals surface area (Å²) in [7, 11) is 4.11. The summed E-state index contributed by atoms with van der Waals surface area (Å²) in [6, 6.07) is 4.16. The second-order valence-corrected chi connectivity index (χ2v) is 7.76. The van der Waals surface area contributed by atoms with Gasteiger partial charge in [0.25, 0.3) is 0 Å². The number of benzene rings is 1. The van der Waals surface area contributed by atoms with E-state index in [2.05, 4.69) is 72.7 Å². The Hall–Kier alpha value is -0.0200. The van der Waals surface area contributed by atoms with E-state index in [1.54, 1.807) is 0 Å². The second-order valence-electron chi connectivity index (χ2n) is 7.76. The zero-order valence-corrected chi connectivity index (χ0v) is 16.7. The summed E-state index contributed by atoms with van der Waals surface area (Å²) in [4.78, 5) is 2.14. The largest absolute Gasteiger partial charge is 1.00 e. The summed E-state index contributed by atoms with van der Waals surface area (Å²) in [6.45, 7) is 13.5. The van der Waals surface area contributed by atoms with E-state index in [0.29, 0.717) is 0 Å². The van der Waals surface area contributed by atoms with Crippen molar-refractivity contribution in [2.24, 2.45) is 0 Å². The van der Waals surface area contributed by atoms with Crippen molar-refractivity contribution in [1.29, 1.82) is 0 Å². The van der Waals surface area contributed by atoms with Crippen LogP contribution in [0.25, 0.3) is 0 Å². The molecule has 3 heteroatoms. The van der Waals surface area contributed by atoms with Crippen LogP contribution >= 0.6 is 0 Å². The molecule has 108 valence electrons. The molecule has 0 saturated heterocycles. The minimum Gasteiger partial charge on any atom is -0.872 e. The van der Waals surface area contributed by atoms with Crippen LogP contribution in [0.2, 0.25) is 0 Å². The van der Waals surface area contributed by atoms with Crippen molar-refractivity contribution in [1.82, 2.24) is 4.90 Å². The minimum atomic E-state index is -0.112. The van der Waals surface area contributed by atoms with Crippen molar-refractivity contribution in [3.8, 4) is 5.75 Å². The first-order valence-electron chi connectivity index (χ1n) is 6.92. The van der Waals surface area contributed by atoms with Gasteiger partial charge in [-0.25, -0.2) is 0 Å². The summed E-state index contributed by atoms with van der Waals surface area (Å²) in [5.41, 5.74) is 2.85. The molecule has 1 rings (SSSR count). The fraction of sp³-hybridized carbons (Fsp3) is 0.647. The molecule has 0 radical (unpaired) electrons. The van der Waals surface area contributed by atoms with Crippen LogP contribution in [0.1, 0.15) is 58.2 Å². The summed E-state index contributed by atoms with van der Waals surface area (Å²) in [5.74, 6) is 0.211. The molecule has 0 bridgehead atoms. The Bertz CT molecular complexity index is 418. The van der Waals surface area contributed by atoms with Gasteiger partial charge in [-0.1, -0.05) is 53.7 Å². The van der Waals surface area contributed by atoms with Gasteiger partial charge in [0, 0.05) is 6.54 Å². The predicted molar refractivity (Wildman–Crippen MR) is 80.7 cm³/mol. The topological polar surface area (TPSA) is 26.3 Å². The predicted octanol–water partition coefficient (Wildman–Crippen LogP) is 0.421. The van der Waals surface area contributed by atoms with E-state index >= 15 is 0 Å². The van der Waals surface area contributed by atoms with Crippen molar-refractivity contribution in [2.75, 3.05) is 14.1 Å². The van der Waals surface area contributed by atoms with Gasteiger partial charge in [-0.2, -0.15) is 0 Å². The van der Waals surface area contributed by atoms with E-state index in [0.717, 1.165) is 17.7 Å². The van der Waals surface area contributed by atoms with E-state index in [1.807, 2.05) is 0 Å². The molecule has 0 spiro atoms. The van der Waals surface area contributed by atoms with Crippen LogP contribution in [-0.4, -0.2) is 19.0 Å². The minimum absolute atomic E-state index is 0. The summed E-state index contributed by atoms with van der Waals surface area (Å²) in [5, 5.41) is 12.7. The van der Waals surface area contributed by atoms with E-state index in [4.69, 9.17) is 0 Å². The van der Waals surface area contributed by atoms with Gasteiger partial charge in [0.05, 0.1) is 0 Å². The van der Waals surface area contributed by atoms with Gasteiger partial charge < -0.3 is 10.0 Å². The Balaban J connectivity index is 0.00000361. The first-order chi connectivity index (χ1) is 8.43. The quantitative estimate of drug-likeness (QED) is 0.736. The van der Waals surface area contributed by atoms with E-state index in [9.17, 15) is 5.11 Å². The normalized spacial score (nSPS) is 12.4. The molecule has 0 aliphatic rings. The summed E-state index contributed by atoms with van der Waals surface area (Å²) < 4.78 is 0. The van der Waals surface area contributed by atoms with Crippen LogP contribution in [-0.2, 0) is 17.4 Å². The van der Waals surface area contributed by atoms with Crippen LogP contribution in [0.5, 0.6) is 5.75 Å². The molecule has 0 heterocycles. The molecule has 0 aromatic heterocycles. The number of hydrogen-bond donors (Lipinski definition) is 0. The van der Waals surface area contributed by atoms with E-state index in [-0.39, 0.29) is 46.1 Å². The van der Waals surface area contributed by atoms with Crippen LogP contribution in [0.3, 0.4) is 0 Å². The fourth-order valence-electron chi connectivity index (χ4n) is 2.26. The van der Waals surface area contributed by atoms with Crippen LogP contribution in [0, 0.1) is 0 Å². The van der Waals surface area contributed by atoms with Gasteiger partial charge in [0.15, 0.2) is 0 Å². The first-order valence-corrected chi connectivity index (χ1v) is 6.92. The van der Waals surface area contributed by atoms with E-state index < -0.39 is 0 Å². The van der Waals surface area contributed by atoms with Gasteiger partial charge in [-0.05, 0) is 41.6 Å². The van der Waals surface area contributed by atoms with Crippen molar-refractivity contribution in [3.05, 3.63) is 28.8 Å². The van der Waals surface area contributed by atoms with Gasteiger partial charge in [0.2, 0.25) is 0 Å². The molecule has 2 nitrogen and oxygen atoms in total. The number of nitrogens with zero attached hydrogens (tertiary/aromatic N) is 1. The average Bonchev–Trinajstić information content (AvgIpc) is 2.16. The first kappa shape index (κ1) is 20.0. The van der Waals surface area contributed by atoms with Crippen LogP contribution in [0.15, 0.2) is 12.1 Å². The fourth-order valence-corrected chi connectivity index (χ4v) is 2.26. The Kier molecular flexibility index (Phi) is 6.82. The molecule has 0 atom stereocenters. The standard InChI is InChI=1S/C17H29NO.Na/c1-16(2,3)13-9-12(11-18(7)8)10-14(15(13)19)17(4,5)6;/h9-10,19H,11H2,1-8H3;/q;+1/p-1. The van der Waals surface area contributed by atoms with Crippen molar-refractivity contribution < 1.29 is 34.7 Å². The molecule has 20 heavy (non-hydrogen) atoms. The zero-order chi connectivity index (χ0) is 15.0. The van der Waals surface area contributed by atoms with Crippen LogP contribution < -0.4 is 34.7 Å². The monoisotopic (exact) mass is 285 g/mol. The van der Waals surface area contributed by atoms with Gasteiger partial charge in [0.1, 0.15) is 0 Å². The number of hydrogen-bond acceptors (Lipinski definition) is 2. The average molecular weight is 285 g/mol. The maximum Gasteiger partial charge on any atom is 1.00 e. The van der Waals surface area contributed by atoms with E-state index in [1.165, 1.54) is 5.56 Å². The third-order valence-corrected chi connectivity index (χ3v) is 3.26. The third-order valence-electron chi connectivity index (χ3n) is 3.26. The molecule has 1 aromatic carbocycles. The zero-order valence-electron chi connectivity index (χ0n) is 14.7. The van der Waals surface area contributed by atoms with Gasteiger partial charge >= 0.3 is 29.6 Å².